The fourth-order valence-electron chi connectivity index (χ4n) is 4.63. The summed E-state index contributed by atoms with van der Waals surface area (Å²) in [5.41, 5.74) is -2.45. The van der Waals surface area contributed by atoms with Crippen molar-refractivity contribution in [3.63, 3.8) is 0 Å². The van der Waals surface area contributed by atoms with Crippen LogP contribution in [0.5, 0.6) is 5.88 Å². The largest absolute Gasteiger partial charge is 0.481 e. The van der Waals surface area contributed by atoms with E-state index >= 15 is 0 Å². The number of likely N-dealkylation sites (tertiary alicyclic amines) is 1. The zero-order chi connectivity index (χ0) is 25.5. The molecule has 1 aromatic carbocycles. The second-order valence-electron chi connectivity index (χ2n) is 9.03. The molecule has 1 amide bonds. The Balaban J connectivity index is 1.19. The summed E-state index contributed by atoms with van der Waals surface area (Å²) in [5.74, 6) is 0.754. The molecule has 36 heavy (non-hydrogen) atoms. The highest BCUT2D eigenvalue weighted by atomic mass is 32.2. The maximum Gasteiger partial charge on any atom is 0.446 e. The maximum absolute atomic E-state index is 12.9. The van der Waals surface area contributed by atoms with Crippen molar-refractivity contribution in [2.45, 2.75) is 35.7 Å². The van der Waals surface area contributed by atoms with Crippen molar-refractivity contribution in [3.8, 4) is 5.88 Å². The van der Waals surface area contributed by atoms with E-state index in [1.807, 2.05) is 23.2 Å². The van der Waals surface area contributed by atoms with Crippen molar-refractivity contribution in [1.82, 2.24) is 14.8 Å². The van der Waals surface area contributed by atoms with Gasteiger partial charge in [-0.05, 0) is 54.9 Å². The first-order valence-electron chi connectivity index (χ1n) is 12.2. The van der Waals surface area contributed by atoms with E-state index in [0.717, 1.165) is 63.5 Å². The monoisotopic (exact) mass is 523 g/mol. The Morgan fingerprint density at radius 3 is 2.50 bits per heavy atom. The molecular formula is C25H32F3N5O2S. The normalized spacial score (nSPS) is 19.3. The van der Waals surface area contributed by atoms with Gasteiger partial charge in [0.15, 0.2) is 0 Å². The minimum Gasteiger partial charge on any atom is -0.481 e. The standard InChI is InChI=1S/C25H32F3N5O2S/c1-35-23-9-6-21(17-29-23)32-15-13-31(14-16-32)12-10-24(34)33-11-2-3-20(18-33)30-19-4-7-22(8-5-19)36-25(26,27)28/h4-9,17,20,30H,2-3,10-16,18H2,1H3/t20-/m0/s1. The number of nitrogens with one attached hydrogen (secondary N) is 1. The highest BCUT2D eigenvalue weighted by Crippen LogP contribution is 2.37. The first kappa shape index (κ1) is 26.4. The SMILES string of the molecule is COc1ccc(N2CCN(CCC(=O)N3CCC[C@H](Nc4ccc(SC(F)(F)F)cc4)C3)CC2)cn1. The number of alkyl halides is 3. The molecular weight excluding hydrogens is 491 g/mol. The van der Waals surface area contributed by atoms with E-state index in [-0.39, 0.29) is 28.6 Å². The summed E-state index contributed by atoms with van der Waals surface area (Å²) in [6, 6.07) is 10.2. The number of piperazine rings is 1. The van der Waals surface area contributed by atoms with Crippen LogP contribution >= 0.6 is 11.8 Å². The third kappa shape index (κ3) is 7.67. The quantitative estimate of drug-likeness (QED) is 0.518. The fourth-order valence-corrected chi connectivity index (χ4v) is 5.17. The Hall–Kier alpha value is -2.66. The average Bonchev–Trinajstić information content (AvgIpc) is 2.88. The smallest absolute Gasteiger partial charge is 0.446 e. The summed E-state index contributed by atoms with van der Waals surface area (Å²) < 4.78 is 42.7. The van der Waals surface area contributed by atoms with Crippen LogP contribution < -0.4 is 15.0 Å². The maximum atomic E-state index is 12.9. The van der Waals surface area contributed by atoms with Gasteiger partial charge in [0.1, 0.15) is 0 Å². The average molecular weight is 524 g/mol. The second kappa shape index (κ2) is 12.1. The number of amides is 1. The molecule has 1 aromatic heterocycles. The minimum absolute atomic E-state index is 0.0884. The number of benzene rings is 1. The van der Waals surface area contributed by atoms with Gasteiger partial charge in [-0.1, -0.05) is 0 Å². The number of pyridine rings is 1. The van der Waals surface area contributed by atoms with E-state index in [0.29, 0.717) is 18.8 Å². The summed E-state index contributed by atoms with van der Waals surface area (Å²) in [6.07, 6.45) is 4.14. The van der Waals surface area contributed by atoms with Crippen LogP contribution in [0.2, 0.25) is 0 Å². The molecule has 2 saturated heterocycles. The highest BCUT2D eigenvalue weighted by Gasteiger charge is 2.29. The molecule has 0 saturated carbocycles. The molecule has 0 radical (unpaired) electrons. The Bertz CT molecular complexity index is 983. The lowest BCUT2D eigenvalue weighted by Gasteiger charge is -2.37. The number of hydrogen-bond acceptors (Lipinski definition) is 7. The van der Waals surface area contributed by atoms with Gasteiger partial charge in [-0.3, -0.25) is 9.69 Å². The minimum atomic E-state index is -4.29. The molecule has 2 fully saturated rings. The summed E-state index contributed by atoms with van der Waals surface area (Å²) in [6.45, 7) is 5.65. The van der Waals surface area contributed by atoms with Gasteiger partial charge in [0, 0.05) is 74.9 Å². The van der Waals surface area contributed by atoms with E-state index in [1.165, 1.54) is 12.1 Å². The number of ether oxygens (including phenoxy) is 1. The van der Waals surface area contributed by atoms with Crippen LogP contribution in [0.3, 0.4) is 0 Å². The molecule has 0 unspecified atom stereocenters. The van der Waals surface area contributed by atoms with Crippen LogP contribution in [-0.2, 0) is 4.79 Å². The number of nitrogens with zero attached hydrogens (tertiary/aromatic N) is 4. The molecule has 1 atom stereocenters. The summed E-state index contributed by atoms with van der Waals surface area (Å²) in [4.78, 5) is 23.9. The molecule has 0 spiro atoms. The number of halogens is 3. The van der Waals surface area contributed by atoms with Gasteiger partial charge in [-0.15, -0.1) is 0 Å². The molecule has 196 valence electrons. The molecule has 2 aliphatic heterocycles. The lowest BCUT2D eigenvalue weighted by atomic mass is 10.0. The van der Waals surface area contributed by atoms with E-state index in [1.54, 1.807) is 19.2 Å². The molecule has 0 aliphatic carbocycles. The van der Waals surface area contributed by atoms with Gasteiger partial charge in [0.25, 0.3) is 0 Å². The molecule has 0 bridgehead atoms. The number of piperidine rings is 1. The van der Waals surface area contributed by atoms with Crippen molar-refractivity contribution in [2.24, 2.45) is 0 Å². The number of hydrogen-bond donors (Lipinski definition) is 1. The molecule has 2 aromatic rings. The van der Waals surface area contributed by atoms with E-state index < -0.39 is 5.51 Å². The first-order chi connectivity index (χ1) is 17.3. The third-order valence-corrected chi connectivity index (χ3v) is 7.28. The Kier molecular flexibility index (Phi) is 8.84. The van der Waals surface area contributed by atoms with Gasteiger partial charge in [0.05, 0.1) is 19.0 Å². The van der Waals surface area contributed by atoms with Crippen LogP contribution in [-0.4, -0.2) is 85.2 Å². The van der Waals surface area contributed by atoms with Crippen LogP contribution in [0.1, 0.15) is 19.3 Å². The lowest BCUT2D eigenvalue weighted by molar-refractivity contribution is -0.132. The zero-order valence-corrected chi connectivity index (χ0v) is 21.2. The molecule has 2 aliphatic rings. The number of thioether (sulfide) groups is 1. The Morgan fingerprint density at radius 2 is 1.86 bits per heavy atom. The van der Waals surface area contributed by atoms with Crippen molar-refractivity contribution < 1.29 is 22.7 Å². The third-order valence-electron chi connectivity index (χ3n) is 6.54. The predicted molar refractivity (Wildman–Crippen MR) is 136 cm³/mol. The molecule has 3 heterocycles. The van der Waals surface area contributed by atoms with Crippen molar-refractivity contribution in [2.75, 3.05) is 63.1 Å². The van der Waals surface area contributed by atoms with E-state index in [9.17, 15) is 18.0 Å². The summed E-state index contributed by atoms with van der Waals surface area (Å²) in [5, 5.41) is 3.38. The second-order valence-corrected chi connectivity index (χ2v) is 10.2. The number of aromatic nitrogens is 1. The molecule has 7 nitrogen and oxygen atoms in total. The topological polar surface area (TPSA) is 60.9 Å². The predicted octanol–water partition coefficient (Wildman–Crippen LogP) is 4.32. The van der Waals surface area contributed by atoms with Crippen molar-refractivity contribution in [1.29, 1.82) is 0 Å². The lowest BCUT2D eigenvalue weighted by Crippen LogP contribution is -2.49. The van der Waals surface area contributed by atoms with Crippen LogP contribution in [0.15, 0.2) is 47.5 Å². The van der Waals surface area contributed by atoms with Gasteiger partial charge in [-0.2, -0.15) is 13.2 Å². The summed E-state index contributed by atoms with van der Waals surface area (Å²) >= 11 is -0.118. The number of carbonyl (C=O) groups excluding carboxylic acids is 1. The number of methoxy groups -OCH3 is 1. The Morgan fingerprint density at radius 1 is 1.11 bits per heavy atom. The Labute approximate surface area is 214 Å². The van der Waals surface area contributed by atoms with Crippen LogP contribution in [0, 0.1) is 0 Å². The number of rotatable bonds is 8. The van der Waals surface area contributed by atoms with Gasteiger partial charge >= 0.3 is 5.51 Å². The van der Waals surface area contributed by atoms with Crippen LogP contribution in [0.4, 0.5) is 24.5 Å². The zero-order valence-electron chi connectivity index (χ0n) is 20.3. The van der Waals surface area contributed by atoms with Crippen molar-refractivity contribution >= 4 is 29.0 Å². The molecule has 11 heteroatoms. The number of carbonyl (C=O) groups is 1. The van der Waals surface area contributed by atoms with Gasteiger partial charge < -0.3 is 19.9 Å². The highest BCUT2D eigenvalue weighted by molar-refractivity contribution is 8.00. The van der Waals surface area contributed by atoms with Gasteiger partial charge in [0.2, 0.25) is 11.8 Å². The first-order valence-corrected chi connectivity index (χ1v) is 13.0. The van der Waals surface area contributed by atoms with Crippen LogP contribution in [0.25, 0.3) is 0 Å². The summed E-state index contributed by atoms with van der Waals surface area (Å²) in [7, 11) is 1.60. The molecule has 1 N–H and O–H groups in total. The number of anilines is 2. The fraction of sp³-hybridized carbons (Fsp3) is 0.520. The molecule has 4 rings (SSSR count). The van der Waals surface area contributed by atoms with E-state index in [4.69, 9.17) is 4.74 Å². The van der Waals surface area contributed by atoms with E-state index in [2.05, 4.69) is 20.1 Å². The van der Waals surface area contributed by atoms with Gasteiger partial charge in [-0.25, -0.2) is 4.98 Å². The van der Waals surface area contributed by atoms with Crippen molar-refractivity contribution in [3.05, 3.63) is 42.6 Å².